The second kappa shape index (κ2) is 6.14. The molecule has 0 atom stereocenters. The summed E-state index contributed by atoms with van der Waals surface area (Å²) >= 11 is 0. The van der Waals surface area contributed by atoms with Crippen LogP contribution >= 0.6 is 0 Å². The first-order chi connectivity index (χ1) is 9.22. The molecule has 0 radical (unpaired) electrons. The standard InChI is InChI=1S/C12H14N2O5/c1-2-17-6-7-18-10(15)8-14-11-9(19-12(14)16)4-3-5-13-11/h3-5H,2,6-8H2,1H3. The van der Waals surface area contributed by atoms with Crippen molar-refractivity contribution in [3.05, 3.63) is 28.9 Å². The number of hydrogen-bond acceptors (Lipinski definition) is 6. The van der Waals surface area contributed by atoms with Gasteiger partial charge in [-0.1, -0.05) is 0 Å². The van der Waals surface area contributed by atoms with Gasteiger partial charge in [-0.3, -0.25) is 4.79 Å². The molecule has 19 heavy (non-hydrogen) atoms. The molecule has 2 rings (SSSR count). The van der Waals surface area contributed by atoms with Crippen LogP contribution in [-0.4, -0.2) is 35.3 Å². The molecule has 0 aliphatic carbocycles. The van der Waals surface area contributed by atoms with E-state index in [2.05, 4.69) is 4.98 Å². The topological polar surface area (TPSA) is 83.6 Å². The number of esters is 1. The zero-order valence-electron chi connectivity index (χ0n) is 10.5. The summed E-state index contributed by atoms with van der Waals surface area (Å²) in [5, 5.41) is 0. The van der Waals surface area contributed by atoms with Crippen molar-refractivity contribution >= 4 is 17.2 Å². The molecule has 0 fully saturated rings. The molecule has 102 valence electrons. The Morgan fingerprint density at radius 1 is 1.47 bits per heavy atom. The Hall–Kier alpha value is -2.15. The molecular weight excluding hydrogens is 252 g/mol. The predicted molar refractivity (Wildman–Crippen MR) is 65.7 cm³/mol. The maximum atomic E-state index is 11.6. The van der Waals surface area contributed by atoms with E-state index >= 15 is 0 Å². The van der Waals surface area contributed by atoms with Gasteiger partial charge in [0.1, 0.15) is 13.2 Å². The Labute approximate surface area is 108 Å². The summed E-state index contributed by atoms with van der Waals surface area (Å²) in [7, 11) is 0. The molecule has 2 aromatic heterocycles. The van der Waals surface area contributed by atoms with Gasteiger partial charge in [0.25, 0.3) is 0 Å². The van der Waals surface area contributed by atoms with Crippen LogP contribution in [0.4, 0.5) is 0 Å². The number of carbonyl (C=O) groups is 1. The second-order valence-corrected chi connectivity index (χ2v) is 3.70. The summed E-state index contributed by atoms with van der Waals surface area (Å²) in [5.41, 5.74) is 0.670. The van der Waals surface area contributed by atoms with E-state index < -0.39 is 11.7 Å². The Morgan fingerprint density at radius 2 is 2.32 bits per heavy atom. The molecule has 0 aliphatic rings. The number of rotatable bonds is 6. The first-order valence-electron chi connectivity index (χ1n) is 5.90. The van der Waals surface area contributed by atoms with Crippen molar-refractivity contribution in [3.63, 3.8) is 0 Å². The lowest BCUT2D eigenvalue weighted by atomic mass is 10.4. The summed E-state index contributed by atoms with van der Waals surface area (Å²) < 4.78 is 16.1. The van der Waals surface area contributed by atoms with E-state index in [0.29, 0.717) is 24.4 Å². The van der Waals surface area contributed by atoms with Crippen molar-refractivity contribution in [2.75, 3.05) is 19.8 Å². The van der Waals surface area contributed by atoms with Crippen molar-refractivity contribution in [1.29, 1.82) is 0 Å². The fourth-order valence-corrected chi connectivity index (χ4v) is 1.57. The minimum Gasteiger partial charge on any atom is -0.462 e. The molecule has 0 spiro atoms. The predicted octanol–water partition coefficient (Wildman–Crippen LogP) is 0.569. The third kappa shape index (κ3) is 3.19. The van der Waals surface area contributed by atoms with Gasteiger partial charge in [-0.2, -0.15) is 0 Å². The summed E-state index contributed by atoms with van der Waals surface area (Å²) in [6, 6.07) is 3.26. The fraction of sp³-hybridized carbons (Fsp3) is 0.417. The molecule has 0 saturated carbocycles. The van der Waals surface area contributed by atoms with Crippen molar-refractivity contribution in [3.8, 4) is 0 Å². The monoisotopic (exact) mass is 266 g/mol. The molecule has 2 heterocycles. The number of hydrogen-bond donors (Lipinski definition) is 0. The van der Waals surface area contributed by atoms with Gasteiger partial charge in [0.05, 0.1) is 6.61 Å². The van der Waals surface area contributed by atoms with E-state index in [4.69, 9.17) is 13.9 Å². The number of nitrogens with zero attached hydrogens (tertiary/aromatic N) is 2. The zero-order chi connectivity index (χ0) is 13.7. The quantitative estimate of drug-likeness (QED) is 0.561. The van der Waals surface area contributed by atoms with Crippen molar-refractivity contribution in [1.82, 2.24) is 9.55 Å². The third-order valence-corrected chi connectivity index (χ3v) is 2.41. The Kier molecular flexibility index (Phi) is 4.30. The normalized spacial score (nSPS) is 10.8. The summed E-state index contributed by atoms with van der Waals surface area (Å²) in [4.78, 5) is 27.1. The van der Waals surface area contributed by atoms with E-state index in [-0.39, 0.29) is 13.2 Å². The third-order valence-electron chi connectivity index (χ3n) is 2.41. The molecule has 2 aromatic rings. The maximum absolute atomic E-state index is 11.6. The van der Waals surface area contributed by atoms with Crippen molar-refractivity contribution < 1.29 is 18.7 Å². The molecule has 0 aromatic carbocycles. The van der Waals surface area contributed by atoms with Crippen LogP contribution in [0.3, 0.4) is 0 Å². The van der Waals surface area contributed by atoms with Crippen molar-refractivity contribution in [2.24, 2.45) is 0 Å². The number of aromatic nitrogens is 2. The number of fused-ring (bicyclic) bond motifs is 1. The van der Waals surface area contributed by atoms with Gasteiger partial charge in [-0.25, -0.2) is 14.3 Å². The largest absolute Gasteiger partial charge is 0.462 e. The average molecular weight is 266 g/mol. The average Bonchev–Trinajstić information content (AvgIpc) is 2.72. The first-order valence-corrected chi connectivity index (χ1v) is 5.90. The van der Waals surface area contributed by atoms with Gasteiger partial charge in [-0.15, -0.1) is 0 Å². The minimum atomic E-state index is -0.629. The molecule has 0 saturated heterocycles. The molecule has 0 unspecified atom stereocenters. The van der Waals surface area contributed by atoms with Gasteiger partial charge < -0.3 is 13.9 Å². The lowest BCUT2D eigenvalue weighted by Crippen LogP contribution is -2.23. The van der Waals surface area contributed by atoms with Gasteiger partial charge in [-0.05, 0) is 19.1 Å². The highest BCUT2D eigenvalue weighted by atomic mass is 16.6. The van der Waals surface area contributed by atoms with E-state index in [1.165, 1.54) is 6.20 Å². The zero-order valence-corrected chi connectivity index (χ0v) is 10.5. The summed E-state index contributed by atoms with van der Waals surface area (Å²) in [6.07, 6.45) is 1.52. The molecule has 0 aliphatic heterocycles. The van der Waals surface area contributed by atoms with E-state index in [1.54, 1.807) is 12.1 Å². The summed E-state index contributed by atoms with van der Waals surface area (Å²) in [5.74, 6) is -1.16. The number of ether oxygens (including phenoxy) is 2. The molecule has 0 amide bonds. The minimum absolute atomic E-state index is 0.157. The van der Waals surface area contributed by atoms with E-state index in [1.807, 2.05) is 6.92 Å². The van der Waals surface area contributed by atoms with Crippen LogP contribution in [0.15, 0.2) is 27.5 Å². The lowest BCUT2D eigenvalue weighted by Gasteiger charge is -2.04. The maximum Gasteiger partial charge on any atom is 0.421 e. The van der Waals surface area contributed by atoms with E-state index in [9.17, 15) is 9.59 Å². The van der Waals surface area contributed by atoms with Crippen LogP contribution in [0.25, 0.3) is 11.2 Å². The second-order valence-electron chi connectivity index (χ2n) is 3.70. The van der Waals surface area contributed by atoms with Gasteiger partial charge in [0, 0.05) is 12.8 Å². The van der Waals surface area contributed by atoms with Gasteiger partial charge in [0.2, 0.25) is 0 Å². The van der Waals surface area contributed by atoms with Crippen LogP contribution in [-0.2, 0) is 20.8 Å². The molecule has 0 N–H and O–H groups in total. The van der Waals surface area contributed by atoms with Gasteiger partial charge >= 0.3 is 11.7 Å². The SMILES string of the molecule is CCOCCOC(=O)Cn1c(=O)oc2cccnc21. The van der Waals surface area contributed by atoms with Crippen LogP contribution < -0.4 is 5.76 Å². The van der Waals surface area contributed by atoms with Crippen LogP contribution in [0.5, 0.6) is 0 Å². The number of carbonyl (C=O) groups excluding carboxylic acids is 1. The van der Waals surface area contributed by atoms with Gasteiger partial charge in [0.15, 0.2) is 11.2 Å². The fourth-order valence-electron chi connectivity index (χ4n) is 1.57. The van der Waals surface area contributed by atoms with Crippen LogP contribution in [0.1, 0.15) is 6.92 Å². The van der Waals surface area contributed by atoms with Crippen LogP contribution in [0.2, 0.25) is 0 Å². The molecule has 0 bridgehead atoms. The number of pyridine rings is 1. The highest BCUT2D eigenvalue weighted by molar-refractivity contribution is 5.73. The Morgan fingerprint density at radius 3 is 3.11 bits per heavy atom. The lowest BCUT2D eigenvalue weighted by molar-refractivity contribution is -0.145. The molecular formula is C12H14N2O5. The summed E-state index contributed by atoms with van der Waals surface area (Å²) in [6.45, 7) is 2.68. The molecule has 7 nitrogen and oxygen atoms in total. The Balaban J connectivity index is 2.03. The van der Waals surface area contributed by atoms with E-state index in [0.717, 1.165) is 4.57 Å². The highest BCUT2D eigenvalue weighted by Gasteiger charge is 2.13. The van der Waals surface area contributed by atoms with Crippen LogP contribution in [0, 0.1) is 0 Å². The highest BCUT2D eigenvalue weighted by Crippen LogP contribution is 2.08. The Bertz CT molecular complexity index is 616. The smallest absolute Gasteiger partial charge is 0.421 e. The molecule has 7 heteroatoms. The first kappa shape index (κ1) is 13.3. The number of oxazole rings is 1. The van der Waals surface area contributed by atoms with Crippen molar-refractivity contribution in [2.45, 2.75) is 13.5 Å².